The molecule has 0 aliphatic heterocycles. The van der Waals surface area contributed by atoms with Gasteiger partial charge in [0.1, 0.15) is 5.75 Å². The Morgan fingerprint density at radius 2 is 2.12 bits per heavy atom. The second-order valence-electron chi connectivity index (χ2n) is 6.05. The maximum absolute atomic E-state index is 5.47. The zero-order valence-corrected chi connectivity index (χ0v) is 19.3. The standard InChI is InChI=1S/C19H28N4OS.HI/c1-6-20-19(23(4)12-16-13-25-15(3)22-16)21-11-14(2)17-9-7-8-10-18(17)24-5;/h7-10,13-14H,6,11-12H2,1-5H3,(H,20,21);1H. The fourth-order valence-corrected chi connectivity index (χ4v) is 3.27. The van der Waals surface area contributed by atoms with Gasteiger partial charge in [0.15, 0.2) is 5.96 Å². The number of hydrogen-bond acceptors (Lipinski definition) is 4. The molecule has 1 atom stereocenters. The first kappa shape index (κ1) is 22.7. The lowest BCUT2D eigenvalue weighted by Crippen LogP contribution is -2.38. The number of thiazole rings is 1. The van der Waals surface area contributed by atoms with Crippen LogP contribution in [-0.4, -0.2) is 43.1 Å². The smallest absolute Gasteiger partial charge is 0.194 e. The van der Waals surface area contributed by atoms with E-state index in [-0.39, 0.29) is 29.9 Å². The molecule has 5 nitrogen and oxygen atoms in total. The predicted octanol–water partition coefficient (Wildman–Crippen LogP) is 4.28. The van der Waals surface area contributed by atoms with Crippen molar-refractivity contribution in [2.24, 2.45) is 4.99 Å². The van der Waals surface area contributed by atoms with Gasteiger partial charge in [0.2, 0.25) is 0 Å². The number of benzene rings is 1. The van der Waals surface area contributed by atoms with Gasteiger partial charge in [-0.25, -0.2) is 4.98 Å². The molecule has 0 aliphatic carbocycles. The molecule has 1 heterocycles. The number of methoxy groups -OCH3 is 1. The van der Waals surface area contributed by atoms with Crippen LogP contribution < -0.4 is 10.1 Å². The highest BCUT2D eigenvalue weighted by atomic mass is 127. The molecular formula is C19H29IN4OS. The van der Waals surface area contributed by atoms with Crippen LogP contribution in [0.25, 0.3) is 0 Å². The number of nitrogens with zero attached hydrogens (tertiary/aromatic N) is 3. The second kappa shape index (κ2) is 11.4. The molecule has 0 saturated heterocycles. The van der Waals surface area contributed by atoms with Crippen LogP contribution in [0.15, 0.2) is 34.6 Å². The average Bonchev–Trinajstić information content (AvgIpc) is 3.02. The molecule has 1 aromatic carbocycles. The summed E-state index contributed by atoms with van der Waals surface area (Å²) >= 11 is 1.68. The quantitative estimate of drug-likeness (QED) is 0.359. The van der Waals surface area contributed by atoms with Crippen LogP contribution in [0.4, 0.5) is 0 Å². The highest BCUT2D eigenvalue weighted by Gasteiger charge is 2.13. The molecule has 0 fully saturated rings. The zero-order valence-electron chi connectivity index (χ0n) is 16.2. The summed E-state index contributed by atoms with van der Waals surface area (Å²) in [5, 5.41) is 6.56. The number of nitrogens with one attached hydrogen (secondary N) is 1. The van der Waals surface area contributed by atoms with E-state index in [0.29, 0.717) is 6.54 Å². The Morgan fingerprint density at radius 1 is 1.38 bits per heavy atom. The maximum atomic E-state index is 5.47. The minimum atomic E-state index is 0. The summed E-state index contributed by atoms with van der Waals surface area (Å²) in [5.74, 6) is 2.09. The summed E-state index contributed by atoms with van der Waals surface area (Å²) in [5.41, 5.74) is 2.26. The van der Waals surface area contributed by atoms with Crippen LogP contribution in [0.2, 0.25) is 0 Å². The number of hydrogen-bond donors (Lipinski definition) is 1. The minimum absolute atomic E-state index is 0. The van der Waals surface area contributed by atoms with Crippen molar-refractivity contribution in [3.05, 3.63) is 45.9 Å². The first-order valence-electron chi connectivity index (χ1n) is 8.58. The lowest BCUT2D eigenvalue weighted by Gasteiger charge is -2.22. The van der Waals surface area contributed by atoms with Crippen LogP contribution >= 0.6 is 35.3 Å². The summed E-state index contributed by atoms with van der Waals surface area (Å²) in [7, 11) is 3.76. The Morgan fingerprint density at radius 3 is 2.73 bits per heavy atom. The largest absolute Gasteiger partial charge is 0.496 e. The molecule has 0 spiro atoms. The van der Waals surface area contributed by atoms with Crippen molar-refractivity contribution in [1.29, 1.82) is 0 Å². The van der Waals surface area contributed by atoms with Crippen molar-refractivity contribution in [2.45, 2.75) is 33.2 Å². The van der Waals surface area contributed by atoms with Gasteiger partial charge in [-0.05, 0) is 25.5 Å². The Balaban J connectivity index is 0.00000338. The molecular weight excluding hydrogens is 459 g/mol. The molecule has 1 unspecified atom stereocenters. The molecule has 0 radical (unpaired) electrons. The third-order valence-corrected chi connectivity index (χ3v) is 4.77. The number of aromatic nitrogens is 1. The number of aliphatic imine (C=N–C) groups is 1. The van der Waals surface area contributed by atoms with E-state index in [4.69, 9.17) is 9.73 Å². The molecule has 26 heavy (non-hydrogen) atoms. The van der Waals surface area contributed by atoms with Crippen molar-refractivity contribution in [1.82, 2.24) is 15.2 Å². The molecule has 0 amide bonds. The first-order valence-corrected chi connectivity index (χ1v) is 9.46. The number of halogens is 1. The van der Waals surface area contributed by atoms with Crippen LogP contribution in [0, 0.1) is 6.92 Å². The summed E-state index contributed by atoms with van der Waals surface area (Å²) in [6.07, 6.45) is 0. The second-order valence-corrected chi connectivity index (χ2v) is 7.11. The SMILES string of the molecule is CCNC(=NCC(C)c1ccccc1OC)N(C)Cc1csc(C)n1.I. The van der Waals surface area contributed by atoms with Gasteiger partial charge in [0.05, 0.1) is 24.4 Å². The molecule has 7 heteroatoms. The van der Waals surface area contributed by atoms with E-state index in [1.54, 1.807) is 18.4 Å². The van der Waals surface area contributed by atoms with E-state index in [2.05, 4.69) is 40.5 Å². The average molecular weight is 488 g/mol. The molecule has 1 aromatic heterocycles. The van der Waals surface area contributed by atoms with Gasteiger partial charge in [-0.3, -0.25) is 4.99 Å². The molecule has 0 aliphatic rings. The Bertz CT molecular complexity index is 704. The van der Waals surface area contributed by atoms with Crippen molar-refractivity contribution in [3.8, 4) is 5.75 Å². The summed E-state index contributed by atoms with van der Waals surface area (Å²) < 4.78 is 5.47. The van der Waals surface area contributed by atoms with Gasteiger partial charge in [-0.1, -0.05) is 25.1 Å². The third-order valence-electron chi connectivity index (χ3n) is 3.95. The number of guanidine groups is 1. The van der Waals surface area contributed by atoms with Crippen molar-refractivity contribution >= 4 is 41.3 Å². The highest BCUT2D eigenvalue weighted by molar-refractivity contribution is 14.0. The number of aryl methyl sites for hydroxylation is 1. The van der Waals surface area contributed by atoms with Crippen LogP contribution in [0.3, 0.4) is 0 Å². The van der Waals surface area contributed by atoms with Gasteiger partial charge in [0.25, 0.3) is 0 Å². The first-order chi connectivity index (χ1) is 12.0. The fourth-order valence-electron chi connectivity index (χ4n) is 2.66. The van der Waals surface area contributed by atoms with E-state index < -0.39 is 0 Å². The number of rotatable bonds is 7. The van der Waals surface area contributed by atoms with Gasteiger partial charge in [0, 0.05) is 31.4 Å². The van der Waals surface area contributed by atoms with Crippen LogP contribution in [-0.2, 0) is 6.54 Å². The predicted molar refractivity (Wildman–Crippen MR) is 121 cm³/mol. The topological polar surface area (TPSA) is 49.8 Å². The van der Waals surface area contributed by atoms with Gasteiger partial charge in [-0.2, -0.15) is 0 Å². The lowest BCUT2D eigenvalue weighted by atomic mass is 10.0. The van der Waals surface area contributed by atoms with E-state index in [1.165, 1.54) is 5.56 Å². The Labute approximate surface area is 177 Å². The number of ether oxygens (including phenoxy) is 1. The molecule has 144 valence electrons. The van der Waals surface area contributed by atoms with Gasteiger partial charge in [-0.15, -0.1) is 35.3 Å². The Kier molecular flexibility index (Phi) is 9.93. The maximum Gasteiger partial charge on any atom is 0.194 e. The molecule has 2 aromatic rings. The lowest BCUT2D eigenvalue weighted by molar-refractivity contribution is 0.406. The normalized spacial score (nSPS) is 12.3. The van der Waals surface area contributed by atoms with Crippen molar-refractivity contribution in [2.75, 3.05) is 27.2 Å². The zero-order chi connectivity index (χ0) is 18.2. The number of para-hydroxylation sites is 1. The fraction of sp³-hybridized carbons (Fsp3) is 0.474. The van der Waals surface area contributed by atoms with Crippen LogP contribution in [0.1, 0.15) is 36.0 Å². The molecule has 2 rings (SSSR count). The van der Waals surface area contributed by atoms with Gasteiger partial charge >= 0.3 is 0 Å². The van der Waals surface area contributed by atoms with E-state index in [1.807, 2.05) is 32.2 Å². The molecule has 1 N–H and O–H groups in total. The summed E-state index contributed by atoms with van der Waals surface area (Å²) in [6.45, 7) is 8.57. The molecule has 0 saturated carbocycles. The van der Waals surface area contributed by atoms with E-state index in [0.717, 1.165) is 35.5 Å². The monoisotopic (exact) mass is 488 g/mol. The highest BCUT2D eigenvalue weighted by Crippen LogP contribution is 2.26. The molecule has 0 bridgehead atoms. The summed E-state index contributed by atoms with van der Waals surface area (Å²) in [4.78, 5) is 11.5. The summed E-state index contributed by atoms with van der Waals surface area (Å²) in [6, 6.07) is 8.14. The van der Waals surface area contributed by atoms with Crippen LogP contribution in [0.5, 0.6) is 5.75 Å². The van der Waals surface area contributed by atoms with E-state index in [9.17, 15) is 0 Å². The Hall–Kier alpha value is -1.35. The van der Waals surface area contributed by atoms with Crippen molar-refractivity contribution < 1.29 is 4.74 Å². The van der Waals surface area contributed by atoms with Gasteiger partial charge < -0.3 is 15.0 Å². The van der Waals surface area contributed by atoms with Crippen molar-refractivity contribution in [3.63, 3.8) is 0 Å². The minimum Gasteiger partial charge on any atom is -0.496 e. The third kappa shape index (κ3) is 6.42. The van der Waals surface area contributed by atoms with E-state index >= 15 is 0 Å².